The number of ether oxygens (including phenoxy) is 1. The number of amides is 1. The third kappa shape index (κ3) is 6.09. The molecule has 0 bridgehead atoms. The van der Waals surface area contributed by atoms with E-state index >= 15 is 0 Å². The van der Waals surface area contributed by atoms with Crippen LogP contribution in [-0.4, -0.2) is 44.7 Å². The highest BCUT2D eigenvalue weighted by molar-refractivity contribution is 5.76. The van der Waals surface area contributed by atoms with Crippen molar-refractivity contribution in [3.05, 3.63) is 28.3 Å². The maximum absolute atomic E-state index is 11.5. The van der Waals surface area contributed by atoms with Gasteiger partial charge in [-0.2, -0.15) is 0 Å². The van der Waals surface area contributed by atoms with E-state index in [0.29, 0.717) is 31.1 Å². The molecule has 0 aliphatic carbocycles. The summed E-state index contributed by atoms with van der Waals surface area (Å²) in [5.41, 5.74) is 1.23. The van der Waals surface area contributed by atoms with Crippen molar-refractivity contribution in [3.8, 4) is 0 Å². The van der Waals surface area contributed by atoms with Crippen LogP contribution in [0.1, 0.15) is 6.42 Å². The summed E-state index contributed by atoms with van der Waals surface area (Å²) in [5.74, 6) is -0.0983. The zero-order valence-corrected chi connectivity index (χ0v) is 12.1. The zero-order chi connectivity index (χ0) is 15.7. The van der Waals surface area contributed by atoms with Crippen LogP contribution in [0.2, 0.25) is 0 Å². The van der Waals surface area contributed by atoms with Crippen molar-refractivity contribution in [2.45, 2.75) is 6.42 Å². The summed E-state index contributed by atoms with van der Waals surface area (Å²) >= 11 is 0. The van der Waals surface area contributed by atoms with Crippen molar-refractivity contribution >= 4 is 23.0 Å². The standard InChI is InChI=1S/C13H20N4O4/c1-14-10-7-11(9-12(8-10)17(19)20)15-4-3-13(18)16-5-6-21-2/h7-9,14-15H,3-6H2,1-2H3,(H,16,18). The van der Waals surface area contributed by atoms with Crippen molar-refractivity contribution in [2.75, 3.05) is 44.5 Å². The first-order valence-corrected chi connectivity index (χ1v) is 6.53. The monoisotopic (exact) mass is 296 g/mol. The first-order chi connectivity index (χ1) is 10.1. The molecule has 1 aromatic carbocycles. The summed E-state index contributed by atoms with van der Waals surface area (Å²) in [7, 11) is 3.25. The van der Waals surface area contributed by atoms with Crippen molar-refractivity contribution < 1.29 is 14.5 Å². The average Bonchev–Trinajstić information content (AvgIpc) is 2.47. The summed E-state index contributed by atoms with van der Waals surface area (Å²) < 4.78 is 4.83. The molecule has 0 aromatic heterocycles. The molecule has 0 saturated carbocycles. The fourth-order valence-corrected chi connectivity index (χ4v) is 1.66. The van der Waals surface area contributed by atoms with Crippen molar-refractivity contribution in [1.82, 2.24) is 5.32 Å². The van der Waals surface area contributed by atoms with Gasteiger partial charge in [-0.15, -0.1) is 0 Å². The molecule has 1 rings (SSSR count). The van der Waals surface area contributed by atoms with Gasteiger partial charge in [-0.05, 0) is 6.07 Å². The van der Waals surface area contributed by atoms with Crippen LogP contribution in [0.15, 0.2) is 18.2 Å². The fourth-order valence-electron chi connectivity index (χ4n) is 1.66. The van der Waals surface area contributed by atoms with E-state index in [4.69, 9.17) is 4.74 Å². The first kappa shape index (κ1) is 16.7. The minimum absolute atomic E-state index is 0.00565. The third-order valence-electron chi connectivity index (χ3n) is 2.73. The Morgan fingerprint density at radius 3 is 2.62 bits per heavy atom. The van der Waals surface area contributed by atoms with E-state index in [-0.39, 0.29) is 18.0 Å². The van der Waals surface area contributed by atoms with E-state index in [0.717, 1.165) is 0 Å². The summed E-state index contributed by atoms with van der Waals surface area (Å²) in [6.07, 6.45) is 0.279. The Morgan fingerprint density at radius 1 is 1.29 bits per heavy atom. The number of rotatable bonds is 9. The van der Waals surface area contributed by atoms with Gasteiger partial charge in [0.2, 0.25) is 5.91 Å². The fraction of sp³-hybridized carbons (Fsp3) is 0.462. The summed E-state index contributed by atoms with van der Waals surface area (Å²) in [4.78, 5) is 21.8. The number of benzene rings is 1. The Bertz CT molecular complexity index is 493. The topological polar surface area (TPSA) is 106 Å². The Kier molecular flexibility index (Phi) is 6.96. The van der Waals surface area contributed by atoms with Crippen molar-refractivity contribution in [3.63, 3.8) is 0 Å². The number of hydrogen-bond donors (Lipinski definition) is 3. The Hall–Kier alpha value is -2.35. The number of carbonyl (C=O) groups is 1. The van der Waals surface area contributed by atoms with Gasteiger partial charge in [-0.3, -0.25) is 14.9 Å². The van der Waals surface area contributed by atoms with E-state index in [1.165, 1.54) is 12.1 Å². The normalized spacial score (nSPS) is 10.0. The van der Waals surface area contributed by atoms with Gasteiger partial charge in [0.05, 0.1) is 11.5 Å². The zero-order valence-electron chi connectivity index (χ0n) is 12.1. The molecule has 21 heavy (non-hydrogen) atoms. The summed E-state index contributed by atoms with van der Waals surface area (Å²) in [6, 6.07) is 4.63. The van der Waals surface area contributed by atoms with Gasteiger partial charge < -0.3 is 20.7 Å². The number of nitrogens with one attached hydrogen (secondary N) is 3. The van der Waals surface area contributed by atoms with E-state index in [2.05, 4.69) is 16.0 Å². The van der Waals surface area contributed by atoms with Gasteiger partial charge in [0.1, 0.15) is 0 Å². The van der Waals surface area contributed by atoms with Crippen LogP contribution in [0.4, 0.5) is 17.1 Å². The van der Waals surface area contributed by atoms with E-state index < -0.39 is 4.92 Å². The third-order valence-corrected chi connectivity index (χ3v) is 2.73. The molecule has 0 radical (unpaired) electrons. The summed E-state index contributed by atoms with van der Waals surface area (Å²) in [6.45, 7) is 1.33. The molecule has 0 spiro atoms. The van der Waals surface area contributed by atoms with Gasteiger partial charge in [-0.1, -0.05) is 0 Å². The second-order valence-electron chi connectivity index (χ2n) is 4.30. The number of nitrogens with zero attached hydrogens (tertiary/aromatic N) is 1. The van der Waals surface area contributed by atoms with Crippen LogP contribution in [0, 0.1) is 10.1 Å². The van der Waals surface area contributed by atoms with E-state index in [1.807, 2.05) is 0 Å². The Labute approximate surface area is 123 Å². The predicted molar refractivity (Wildman–Crippen MR) is 80.6 cm³/mol. The number of anilines is 2. The van der Waals surface area contributed by atoms with Crippen LogP contribution in [0.3, 0.4) is 0 Å². The molecule has 0 saturated heterocycles. The number of nitro benzene ring substituents is 1. The van der Waals surface area contributed by atoms with Crippen LogP contribution in [-0.2, 0) is 9.53 Å². The van der Waals surface area contributed by atoms with Gasteiger partial charge in [-0.25, -0.2) is 0 Å². The highest BCUT2D eigenvalue weighted by Crippen LogP contribution is 2.23. The molecule has 1 amide bonds. The minimum atomic E-state index is -0.455. The lowest BCUT2D eigenvalue weighted by molar-refractivity contribution is -0.384. The van der Waals surface area contributed by atoms with Crippen molar-refractivity contribution in [1.29, 1.82) is 0 Å². The quantitative estimate of drug-likeness (QED) is 0.359. The van der Waals surface area contributed by atoms with Crippen LogP contribution < -0.4 is 16.0 Å². The largest absolute Gasteiger partial charge is 0.388 e. The lowest BCUT2D eigenvalue weighted by Gasteiger charge is -2.09. The molecule has 8 nitrogen and oxygen atoms in total. The van der Waals surface area contributed by atoms with E-state index in [9.17, 15) is 14.9 Å². The molecule has 1 aromatic rings. The molecule has 8 heteroatoms. The minimum Gasteiger partial charge on any atom is -0.388 e. The number of carbonyl (C=O) groups excluding carboxylic acids is 1. The highest BCUT2D eigenvalue weighted by atomic mass is 16.6. The van der Waals surface area contributed by atoms with Crippen molar-refractivity contribution in [2.24, 2.45) is 0 Å². The van der Waals surface area contributed by atoms with Gasteiger partial charge >= 0.3 is 0 Å². The number of methoxy groups -OCH3 is 1. The molecule has 116 valence electrons. The van der Waals surface area contributed by atoms with E-state index in [1.54, 1.807) is 20.2 Å². The lowest BCUT2D eigenvalue weighted by Crippen LogP contribution is -2.28. The summed E-state index contributed by atoms with van der Waals surface area (Å²) in [5, 5.41) is 19.4. The number of non-ortho nitro benzene ring substituents is 1. The van der Waals surface area contributed by atoms with Gasteiger partial charge in [0.25, 0.3) is 5.69 Å². The number of hydrogen-bond acceptors (Lipinski definition) is 6. The maximum Gasteiger partial charge on any atom is 0.273 e. The SMILES string of the molecule is CNc1cc(NCCC(=O)NCCOC)cc([N+](=O)[O-])c1. The molecule has 0 aliphatic heterocycles. The Morgan fingerprint density at radius 2 is 2.00 bits per heavy atom. The second-order valence-corrected chi connectivity index (χ2v) is 4.30. The molecular weight excluding hydrogens is 276 g/mol. The number of nitro groups is 1. The van der Waals surface area contributed by atoms with Crippen LogP contribution >= 0.6 is 0 Å². The molecule has 3 N–H and O–H groups in total. The molecular formula is C13H20N4O4. The maximum atomic E-state index is 11.5. The van der Waals surface area contributed by atoms with Gasteiger partial charge in [0.15, 0.2) is 0 Å². The highest BCUT2D eigenvalue weighted by Gasteiger charge is 2.09. The predicted octanol–water partition coefficient (Wildman–Crippen LogP) is 1.20. The average molecular weight is 296 g/mol. The lowest BCUT2D eigenvalue weighted by atomic mass is 10.2. The van der Waals surface area contributed by atoms with Crippen LogP contribution in [0.5, 0.6) is 0 Å². The molecule has 0 unspecified atom stereocenters. The first-order valence-electron chi connectivity index (χ1n) is 6.53. The molecule has 0 atom stereocenters. The molecule has 0 fully saturated rings. The molecule has 0 heterocycles. The molecule has 0 aliphatic rings. The smallest absolute Gasteiger partial charge is 0.273 e. The second kappa shape index (κ2) is 8.75. The van der Waals surface area contributed by atoms with Gasteiger partial charge in [0, 0.05) is 57.2 Å². The Balaban J connectivity index is 2.49. The van der Waals surface area contributed by atoms with Crippen LogP contribution in [0.25, 0.3) is 0 Å².